The number of aromatic hydroxyl groups is 1. The number of ketones is 1. The normalized spacial score (nSPS) is 12.1. The van der Waals surface area contributed by atoms with E-state index >= 15 is 0 Å². The molecule has 0 aliphatic heterocycles. The van der Waals surface area contributed by atoms with Crippen LogP contribution in [0.25, 0.3) is 0 Å². The van der Waals surface area contributed by atoms with E-state index < -0.39 is 11.6 Å². The van der Waals surface area contributed by atoms with Crippen molar-refractivity contribution >= 4 is 11.8 Å². The first-order valence-corrected chi connectivity index (χ1v) is 13.3. The van der Waals surface area contributed by atoms with E-state index in [2.05, 4.69) is 0 Å². The molecule has 0 saturated carbocycles. The SMILES string of the molecule is CCCc1c(OCCCOc2cc(CC(C)(Oc3ccc(C#N)cc3)C(=O)O)ccc2OC)ccc(C(C)=O)c1O. The Morgan fingerprint density at radius 1 is 0.976 bits per heavy atom. The number of carboxylic acid groups (broad SMARTS) is 1. The zero-order valence-corrected chi connectivity index (χ0v) is 23.7. The highest BCUT2D eigenvalue weighted by Gasteiger charge is 2.36. The molecule has 0 spiro atoms. The first kappa shape index (κ1) is 30.8. The minimum Gasteiger partial charge on any atom is -0.507 e. The lowest BCUT2D eigenvalue weighted by Crippen LogP contribution is -2.43. The van der Waals surface area contributed by atoms with Crippen LogP contribution in [0.4, 0.5) is 0 Å². The van der Waals surface area contributed by atoms with Crippen molar-refractivity contribution in [1.29, 1.82) is 5.26 Å². The van der Waals surface area contributed by atoms with Crippen molar-refractivity contribution in [1.82, 2.24) is 0 Å². The third-order valence-corrected chi connectivity index (χ3v) is 6.47. The van der Waals surface area contributed by atoms with Gasteiger partial charge in [-0.05, 0) is 74.4 Å². The highest BCUT2D eigenvalue weighted by atomic mass is 16.5. The van der Waals surface area contributed by atoms with Crippen LogP contribution in [0.2, 0.25) is 0 Å². The standard InChI is InChI=1S/C32H35NO8/c1-5-7-26-27(15-13-25(21(2)34)30(26)35)39-16-6-17-40-29-18-23(10-14-28(29)38-4)19-32(3,31(36)37)41-24-11-8-22(20-33)9-12-24/h8-15,18,35H,5-7,16-17,19H2,1-4H3,(H,36,37). The topological polar surface area (TPSA) is 135 Å². The summed E-state index contributed by atoms with van der Waals surface area (Å²) in [5, 5.41) is 29.5. The van der Waals surface area contributed by atoms with E-state index in [1.165, 1.54) is 21.0 Å². The Labute approximate surface area is 239 Å². The van der Waals surface area contributed by atoms with E-state index in [-0.39, 0.29) is 23.5 Å². The van der Waals surface area contributed by atoms with Gasteiger partial charge < -0.3 is 29.2 Å². The van der Waals surface area contributed by atoms with Crippen molar-refractivity contribution in [3.8, 4) is 34.8 Å². The number of phenolic OH excluding ortho intramolecular Hbond substituents is 1. The average molecular weight is 562 g/mol. The monoisotopic (exact) mass is 561 g/mol. The van der Waals surface area contributed by atoms with Crippen molar-refractivity contribution in [3.63, 3.8) is 0 Å². The number of nitrogens with zero attached hydrogens (tertiary/aromatic N) is 1. The number of methoxy groups -OCH3 is 1. The van der Waals surface area contributed by atoms with Crippen LogP contribution in [0.1, 0.15) is 60.7 Å². The number of carbonyl (C=O) groups excluding carboxylic acids is 1. The summed E-state index contributed by atoms with van der Waals surface area (Å²) < 4.78 is 23.1. The number of benzene rings is 3. The molecule has 0 fully saturated rings. The lowest BCUT2D eigenvalue weighted by atomic mass is 9.96. The van der Waals surface area contributed by atoms with Gasteiger partial charge in [0, 0.05) is 18.4 Å². The molecule has 2 N–H and O–H groups in total. The van der Waals surface area contributed by atoms with Crippen LogP contribution in [-0.4, -0.2) is 47.9 Å². The van der Waals surface area contributed by atoms with E-state index in [9.17, 15) is 19.8 Å². The second-order valence-electron chi connectivity index (χ2n) is 9.73. The Morgan fingerprint density at radius 3 is 2.22 bits per heavy atom. The van der Waals surface area contributed by atoms with E-state index in [0.29, 0.717) is 65.7 Å². The van der Waals surface area contributed by atoms with Crippen LogP contribution >= 0.6 is 0 Å². The fourth-order valence-electron chi connectivity index (χ4n) is 4.30. The largest absolute Gasteiger partial charge is 0.507 e. The molecular weight excluding hydrogens is 526 g/mol. The lowest BCUT2D eigenvalue weighted by Gasteiger charge is -2.27. The number of hydrogen-bond acceptors (Lipinski definition) is 8. The summed E-state index contributed by atoms with van der Waals surface area (Å²) in [7, 11) is 1.52. The molecule has 0 saturated heterocycles. The van der Waals surface area contributed by atoms with Crippen molar-refractivity contribution in [2.75, 3.05) is 20.3 Å². The van der Waals surface area contributed by atoms with E-state index in [0.717, 1.165) is 6.42 Å². The number of carboxylic acids is 1. The summed E-state index contributed by atoms with van der Waals surface area (Å²) in [5.74, 6) is 0.434. The molecular formula is C32H35NO8. The maximum atomic E-state index is 12.2. The van der Waals surface area contributed by atoms with Crippen LogP contribution in [0.15, 0.2) is 54.6 Å². The van der Waals surface area contributed by atoms with Gasteiger partial charge in [-0.25, -0.2) is 4.79 Å². The molecule has 0 heterocycles. The van der Waals surface area contributed by atoms with Crippen LogP contribution in [0.3, 0.4) is 0 Å². The lowest BCUT2D eigenvalue weighted by molar-refractivity contribution is -0.153. The maximum Gasteiger partial charge on any atom is 0.348 e. The highest BCUT2D eigenvalue weighted by molar-refractivity contribution is 5.97. The second kappa shape index (κ2) is 14.1. The molecule has 0 bridgehead atoms. The molecule has 3 aromatic rings. The third-order valence-electron chi connectivity index (χ3n) is 6.47. The summed E-state index contributed by atoms with van der Waals surface area (Å²) in [6, 6.07) is 16.7. The molecule has 9 heteroatoms. The van der Waals surface area contributed by atoms with Gasteiger partial charge in [0.15, 0.2) is 17.3 Å². The number of Topliss-reactive ketones (excluding diaryl/α,β-unsaturated/α-hetero) is 1. The number of rotatable bonds is 15. The maximum absolute atomic E-state index is 12.2. The van der Waals surface area contributed by atoms with Gasteiger partial charge in [-0.2, -0.15) is 5.26 Å². The smallest absolute Gasteiger partial charge is 0.348 e. The van der Waals surface area contributed by atoms with Gasteiger partial charge in [-0.1, -0.05) is 19.4 Å². The van der Waals surface area contributed by atoms with E-state index in [1.54, 1.807) is 54.6 Å². The molecule has 41 heavy (non-hydrogen) atoms. The quantitative estimate of drug-likeness (QED) is 0.176. The molecule has 0 amide bonds. The summed E-state index contributed by atoms with van der Waals surface area (Å²) >= 11 is 0. The molecule has 0 aliphatic carbocycles. The van der Waals surface area contributed by atoms with Gasteiger partial charge in [-0.3, -0.25) is 4.79 Å². The van der Waals surface area contributed by atoms with Crippen molar-refractivity contribution in [3.05, 3.63) is 76.9 Å². The summed E-state index contributed by atoms with van der Waals surface area (Å²) in [6.45, 7) is 5.49. The fraction of sp³-hybridized carbons (Fsp3) is 0.344. The predicted molar refractivity (Wildman–Crippen MR) is 152 cm³/mol. The van der Waals surface area contributed by atoms with Gasteiger partial charge in [0.1, 0.15) is 17.2 Å². The van der Waals surface area contributed by atoms with Crippen LogP contribution in [0.5, 0.6) is 28.7 Å². The number of carbonyl (C=O) groups is 2. The number of hydrogen-bond donors (Lipinski definition) is 2. The first-order valence-electron chi connectivity index (χ1n) is 13.3. The summed E-state index contributed by atoms with van der Waals surface area (Å²) in [5.41, 5.74) is 0.425. The molecule has 0 radical (unpaired) electrons. The number of phenols is 1. The zero-order chi connectivity index (χ0) is 30.0. The molecule has 3 rings (SSSR count). The van der Waals surface area contributed by atoms with Gasteiger partial charge in [0.2, 0.25) is 5.60 Å². The van der Waals surface area contributed by atoms with Gasteiger partial charge in [0.05, 0.1) is 37.5 Å². The molecule has 0 aliphatic rings. The van der Waals surface area contributed by atoms with Gasteiger partial charge in [-0.15, -0.1) is 0 Å². The molecule has 1 atom stereocenters. The predicted octanol–water partition coefficient (Wildman–Crippen LogP) is 5.74. The molecule has 0 aromatic heterocycles. The second-order valence-corrected chi connectivity index (χ2v) is 9.73. The van der Waals surface area contributed by atoms with Crippen molar-refractivity contribution in [2.24, 2.45) is 0 Å². The van der Waals surface area contributed by atoms with Crippen LogP contribution in [-0.2, 0) is 17.6 Å². The fourth-order valence-corrected chi connectivity index (χ4v) is 4.30. The number of ether oxygens (including phenoxy) is 4. The number of aliphatic carboxylic acids is 1. The van der Waals surface area contributed by atoms with E-state index in [4.69, 9.17) is 24.2 Å². The summed E-state index contributed by atoms with van der Waals surface area (Å²) in [6.07, 6.45) is 1.92. The van der Waals surface area contributed by atoms with E-state index in [1.807, 2.05) is 13.0 Å². The number of nitriles is 1. The van der Waals surface area contributed by atoms with Crippen molar-refractivity contribution in [2.45, 2.75) is 52.1 Å². The van der Waals surface area contributed by atoms with Gasteiger partial charge >= 0.3 is 5.97 Å². The van der Waals surface area contributed by atoms with Crippen LogP contribution < -0.4 is 18.9 Å². The molecule has 1 unspecified atom stereocenters. The van der Waals surface area contributed by atoms with Crippen LogP contribution in [0, 0.1) is 11.3 Å². The average Bonchev–Trinajstić information content (AvgIpc) is 2.94. The minimum atomic E-state index is -1.58. The third kappa shape index (κ3) is 7.92. The zero-order valence-electron chi connectivity index (χ0n) is 23.7. The Morgan fingerprint density at radius 2 is 1.63 bits per heavy atom. The van der Waals surface area contributed by atoms with Crippen molar-refractivity contribution < 1.29 is 38.7 Å². The summed E-state index contributed by atoms with van der Waals surface area (Å²) in [4.78, 5) is 24.0. The molecule has 3 aromatic carbocycles. The Hall–Kier alpha value is -4.71. The Balaban J connectivity index is 1.65. The highest BCUT2D eigenvalue weighted by Crippen LogP contribution is 2.34. The molecule has 9 nitrogen and oxygen atoms in total. The first-order chi connectivity index (χ1) is 19.6. The Bertz CT molecular complexity index is 1410. The van der Waals surface area contributed by atoms with Gasteiger partial charge in [0.25, 0.3) is 0 Å². The minimum absolute atomic E-state index is 0.0359. The molecule has 216 valence electrons. The Kier molecular flexibility index (Phi) is 10.6.